The van der Waals surface area contributed by atoms with Crippen molar-refractivity contribution in [1.82, 2.24) is 15.2 Å². The molecule has 0 amide bonds. The smallest absolute Gasteiger partial charge is 0.273 e. The largest absolute Gasteiger partial charge is 0.496 e. The number of furan rings is 1. The predicted octanol–water partition coefficient (Wildman–Crippen LogP) is 5.56. The molecule has 9 heteroatoms. The van der Waals surface area contributed by atoms with Gasteiger partial charge in [0.2, 0.25) is 0 Å². The number of thiocarbonyl (C=S) groups is 1. The van der Waals surface area contributed by atoms with Crippen molar-refractivity contribution < 1.29 is 14.1 Å². The number of nitro groups is 1. The maximum Gasteiger partial charge on any atom is 0.273 e. The maximum atomic E-state index is 11.2. The molecule has 2 fully saturated rings. The summed E-state index contributed by atoms with van der Waals surface area (Å²) >= 11 is 5.82. The summed E-state index contributed by atoms with van der Waals surface area (Å²) in [6.45, 7) is 0. The number of pyridine rings is 1. The number of nitro benzene ring substituents is 1. The molecule has 2 aromatic heterocycles. The van der Waals surface area contributed by atoms with E-state index in [4.69, 9.17) is 21.4 Å². The number of nitrogens with one attached hydrogen (secondary N) is 1. The van der Waals surface area contributed by atoms with Gasteiger partial charge in [0.15, 0.2) is 5.11 Å². The Morgan fingerprint density at radius 2 is 2.00 bits per heavy atom. The van der Waals surface area contributed by atoms with E-state index in [1.54, 1.807) is 12.3 Å². The lowest BCUT2D eigenvalue weighted by atomic mass is 9.92. The molecule has 5 rings (SSSR count). The van der Waals surface area contributed by atoms with Gasteiger partial charge in [-0.3, -0.25) is 15.1 Å². The quantitative estimate of drug-likeness (QED) is 0.279. The van der Waals surface area contributed by atoms with E-state index in [0.29, 0.717) is 23.1 Å². The Kier molecular flexibility index (Phi) is 6.19. The third-order valence-electron chi connectivity index (χ3n) is 6.68. The number of hydrogen-bond donors (Lipinski definition) is 1. The Morgan fingerprint density at radius 1 is 1.18 bits per heavy atom. The third-order valence-corrected chi connectivity index (χ3v) is 7.01. The normalized spacial score (nSPS) is 20.9. The number of benzene rings is 1. The number of nitrogens with zero attached hydrogens (tertiary/aromatic N) is 3. The van der Waals surface area contributed by atoms with Gasteiger partial charge in [-0.25, -0.2) is 0 Å². The molecule has 2 aliphatic rings. The minimum Gasteiger partial charge on any atom is -0.496 e. The second kappa shape index (κ2) is 9.42. The van der Waals surface area contributed by atoms with E-state index in [1.807, 2.05) is 30.3 Å². The van der Waals surface area contributed by atoms with Crippen molar-refractivity contribution in [2.24, 2.45) is 0 Å². The first-order valence-electron chi connectivity index (χ1n) is 11.5. The average molecular weight is 479 g/mol. The molecule has 0 bridgehead atoms. The number of non-ortho nitro benzene ring substituents is 1. The van der Waals surface area contributed by atoms with Crippen LogP contribution < -0.4 is 10.1 Å². The SMILES string of the molecule is COc1cc([N+](=O)[O-])ccc1-c1ccc(C2C(c3ccccn3)NC(=S)N2C2CCCCC2)o1. The van der Waals surface area contributed by atoms with Crippen molar-refractivity contribution in [3.05, 3.63) is 76.3 Å². The van der Waals surface area contributed by atoms with Gasteiger partial charge in [-0.15, -0.1) is 0 Å². The van der Waals surface area contributed by atoms with Crippen LogP contribution in [-0.2, 0) is 0 Å². The van der Waals surface area contributed by atoms with E-state index in [-0.39, 0.29) is 17.8 Å². The Morgan fingerprint density at radius 3 is 2.71 bits per heavy atom. The fourth-order valence-electron chi connectivity index (χ4n) is 5.08. The Bertz CT molecular complexity index is 1190. The molecule has 2 unspecified atom stereocenters. The van der Waals surface area contributed by atoms with Crippen LogP contribution >= 0.6 is 12.2 Å². The number of ether oxygens (including phenoxy) is 1. The summed E-state index contributed by atoms with van der Waals surface area (Å²) in [6.07, 6.45) is 7.61. The first-order valence-corrected chi connectivity index (χ1v) is 11.9. The zero-order chi connectivity index (χ0) is 23.7. The first-order chi connectivity index (χ1) is 16.6. The van der Waals surface area contributed by atoms with Crippen molar-refractivity contribution in [2.45, 2.75) is 50.2 Å². The molecule has 1 aliphatic carbocycles. The number of aromatic nitrogens is 1. The van der Waals surface area contributed by atoms with Gasteiger partial charge in [-0.1, -0.05) is 25.3 Å². The molecule has 1 aromatic carbocycles. The minimum absolute atomic E-state index is 0.0311. The van der Waals surface area contributed by atoms with Crippen LogP contribution in [0, 0.1) is 10.1 Å². The van der Waals surface area contributed by atoms with Crippen LogP contribution in [0.15, 0.2) is 59.1 Å². The molecule has 8 nitrogen and oxygen atoms in total. The van der Waals surface area contributed by atoms with Crippen LogP contribution in [-0.4, -0.2) is 33.1 Å². The number of hydrogen-bond acceptors (Lipinski definition) is 6. The molecule has 34 heavy (non-hydrogen) atoms. The Hall–Kier alpha value is -3.46. The molecule has 3 heterocycles. The highest BCUT2D eigenvalue weighted by atomic mass is 32.1. The lowest BCUT2D eigenvalue weighted by Gasteiger charge is -2.36. The molecular formula is C25H26N4O4S. The van der Waals surface area contributed by atoms with Crippen molar-refractivity contribution in [3.8, 4) is 17.1 Å². The molecule has 1 N–H and O–H groups in total. The standard InChI is InChI=1S/C25H26N4O4S/c1-32-22-15-17(29(30)31)10-11-18(22)20-12-13-21(33-20)24-23(19-9-5-6-14-26-19)27-25(34)28(24)16-7-3-2-4-8-16/h5-6,9-16,23-24H,2-4,7-8H2,1H3,(H,27,34). The number of methoxy groups -OCH3 is 1. The monoisotopic (exact) mass is 478 g/mol. The predicted molar refractivity (Wildman–Crippen MR) is 132 cm³/mol. The summed E-state index contributed by atoms with van der Waals surface area (Å²) in [7, 11) is 1.49. The summed E-state index contributed by atoms with van der Waals surface area (Å²) in [5, 5.41) is 15.4. The van der Waals surface area contributed by atoms with Crippen LogP contribution in [0.4, 0.5) is 5.69 Å². The van der Waals surface area contributed by atoms with E-state index >= 15 is 0 Å². The van der Waals surface area contributed by atoms with Crippen LogP contribution in [0.2, 0.25) is 0 Å². The van der Waals surface area contributed by atoms with E-state index < -0.39 is 4.92 Å². The maximum absolute atomic E-state index is 11.2. The average Bonchev–Trinajstić information content (AvgIpc) is 3.49. The van der Waals surface area contributed by atoms with Gasteiger partial charge in [0, 0.05) is 18.3 Å². The fraction of sp³-hybridized carbons (Fsp3) is 0.360. The van der Waals surface area contributed by atoms with Crippen LogP contribution in [0.1, 0.15) is 55.6 Å². The minimum atomic E-state index is -0.440. The zero-order valence-corrected chi connectivity index (χ0v) is 19.7. The highest BCUT2D eigenvalue weighted by Crippen LogP contribution is 2.44. The van der Waals surface area contributed by atoms with E-state index in [0.717, 1.165) is 29.4 Å². The van der Waals surface area contributed by atoms with Crippen LogP contribution in [0.25, 0.3) is 11.3 Å². The first kappa shape index (κ1) is 22.3. The summed E-state index contributed by atoms with van der Waals surface area (Å²) in [5.41, 5.74) is 1.53. The molecule has 1 saturated heterocycles. The third kappa shape index (κ3) is 4.11. The molecule has 1 saturated carbocycles. The molecular weight excluding hydrogens is 452 g/mol. The molecule has 2 atom stereocenters. The van der Waals surface area contributed by atoms with Crippen molar-refractivity contribution in [3.63, 3.8) is 0 Å². The topological polar surface area (TPSA) is 93.7 Å². The van der Waals surface area contributed by atoms with Gasteiger partial charge in [-0.2, -0.15) is 0 Å². The Balaban J connectivity index is 1.54. The second-order valence-electron chi connectivity index (χ2n) is 8.67. The van der Waals surface area contributed by atoms with E-state index in [2.05, 4.69) is 15.2 Å². The van der Waals surface area contributed by atoms with Gasteiger partial charge < -0.3 is 19.4 Å². The van der Waals surface area contributed by atoms with Crippen molar-refractivity contribution in [2.75, 3.05) is 7.11 Å². The van der Waals surface area contributed by atoms with Gasteiger partial charge >= 0.3 is 0 Å². The van der Waals surface area contributed by atoms with Crippen molar-refractivity contribution >= 4 is 23.0 Å². The molecule has 0 radical (unpaired) electrons. The van der Waals surface area contributed by atoms with Gasteiger partial charge in [0.05, 0.1) is 35.4 Å². The second-order valence-corrected chi connectivity index (χ2v) is 9.06. The molecule has 3 aromatic rings. The van der Waals surface area contributed by atoms with E-state index in [9.17, 15) is 10.1 Å². The van der Waals surface area contributed by atoms with Crippen molar-refractivity contribution in [1.29, 1.82) is 0 Å². The molecule has 176 valence electrons. The molecule has 0 spiro atoms. The lowest BCUT2D eigenvalue weighted by molar-refractivity contribution is -0.384. The van der Waals surface area contributed by atoms with Gasteiger partial charge in [0.25, 0.3) is 5.69 Å². The van der Waals surface area contributed by atoms with Crippen LogP contribution in [0.3, 0.4) is 0 Å². The lowest BCUT2D eigenvalue weighted by Crippen LogP contribution is -2.40. The fourth-order valence-corrected chi connectivity index (χ4v) is 5.47. The summed E-state index contributed by atoms with van der Waals surface area (Å²) in [4.78, 5) is 17.6. The molecule has 1 aliphatic heterocycles. The Labute approximate surface area is 203 Å². The highest BCUT2D eigenvalue weighted by molar-refractivity contribution is 7.80. The summed E-state index contributed by atoms with van der Waals surface area (Å²) in [6, 6.07) is 14.3. The van der Waals surface area contributed by atoms with Crippen LogP contribution in [0.5, 0.6) is 5.75 Å². The summed E-state index contributed by atoms with van der Waals surface area (Å²) < 4.78 is 11.8. The zero-order valence-electron chi connectivity index (χ0n) is 18.8. The van der Waals surface area contributed by atoms with Gasteiger partial charge in [0.1, 0.15) is 23.3 Å². The number of rotatable bonds is 6. The highest BCUT2D eigenvalue weighted by Gasteiger charge is 2.44. The summed E-state index contributed by atoms with van der Waals surface area (Å²) in [5.74, 6) is 1.74. The van der Waals surface area contributed by atoms with Gasteiger partial charge in [-0.05, 0) is 55.4 Å². The van der Waals surface area contributed by atoms with E-state index in [1.165, 1.54) is 38.5 Å².